The third kappa shape index (κ3) is 5.97. The lowest BCUT2D eigenvalue weighted by Gasteiger charge is -2.05. The molecule has 1 aromatic heterocycles. The molecule has 0 spiro atoms. The van der Waals surface area contributed by atoms with Crippen molar-refractivity contribution in [3.63, 3.8) is 0 Å². The van der Waals surface area contributed by atoms with Crippen molar-refractivity contribution in [2.75, 3.05) is 6.54 Å². The van der Waals surface area contributed by atoms with E-state index in [0.29, 0.717) is 23.7 Å². The van der Waals surface area contributed by atoms with E-state index in [0.717, 1.165) is 24.2 Å². The molecule has 9 heteroatoms. The first kappa shape index (κ1) is 17.7. The summed E-state index contributed by atoms with van der Waals surface area (Å²) in [5, 5.41) is 8.46. The summed E-state index contributed by atoms with van der Waals surface area (Å²) < 4.78 is 26.8. The van der Waals surface area contributed by atoms with Gasteiger partial charge in [-0.05, 0) is 18.9 Å². The van der Waals surface area contributed by atoms with Crippen molar-refractivity contribution >= 4 is 50.5 Å². The second-order valence-electron chi connectivity index (χ2n) is 4.14. The molecule has 0 bridgehead atoms. The van der Waals surface area contributed by atoms with Gasteiger partial charge in [-0.25, -0.2) is 13.1 Å². The lowest BCUT2D eigenvalue weighted by atomic mass is 10.1. The van der Waals surface area contributed by atoms with Gasteiger partial charge in [-0.2, -0.15) is 0 Å². The van der Waals surface area contributed by atoms with E-state index in [2.05, 4.69) is 4.72 Å². The normalized spacial score (nSPS) is 11.7. The van der Waals surface area contributed by atoms with Crippen molar-refractivity contribution in [2.24, 2.45) is 0 Å². The smallest absolute Gasteiger partial charge is 0.303 e. The van der Waals surface area contributed by atoms with Crippen LogP contribution in [0.4, 0.5) is 0 Å². The number of carboxylic acid groups (broad SMARTS) is 1. The number of sulfonamides is 1. The standard InChI is InChI=1S/C11H15Cl2NO4S2/c12-9-7-8(11(13)19-9)20(17,18)14-6-4-2-1-3-5-10(15)16/h7,14H,1-6H2,(H,15,16). The number of unbranched alkanes of at least 4 members (excludes halogenated alkanes) is 3. The molecule has 0 saturated heterocycles. The van der Waals surface area contributed by atoms with Crippen molar-refractivity contribution in [1.29, 1.82) is 0 Å². The van der Waals surface area contributed by atoms with Crippen LogP contribution in [0.1, 0.15) is 32.1 Å². The molecule has 0 aromatic carbocycles. The van der Waals surface area contributed by atoms with Crippen LogP contribution in [-0.2, 0) is 14.8 Å². The fraction of sp³-hybridized carbons (Fsp3) is 0.545. The van der Waals surface area contributed by atoms with Gasteiger partial charge in [-0.1, -0.05) is 36.0 Å². The highest BCUT2D eigenvalue weighted by Crippen LogP contribution is 2.33. The number of carboxylic acids is 1. The van der Waals surface area contributed by atoms with Crippen LogP contribution < -0.4 is 4.72 Å². The van der Waals surface area contributed by atoms with Crippen LogP contribution in [0.25, 0.3) is 0 Å². The molecule has 2 N–H and O–H groups in total. The fourth-order valence-electron chi connectivity index (χ4n) is 1.55. The first-order valence-corrected chi connectivity index (χ1v) is 9.05. The topological polar surface area (TPSA) is 83.5 Å². The van der Waals surface area contributed by atoms with Gasteiger partial charge < -0.3 is 5.11 Å². The number of hydrogen-bond acceptors (Lipinski definition) is 4. The molecule has 0 aliphatic rings. The molecule has 0 unspecified atom stereocenters. The molecule has 0 fully saturated rings. The average Bonchev–Trinajstić information content (AvgIpc) is 2.67. The molecule has 1 rings (SSSR count). The van der Waals surface area contributed by atoms with Crippen LogP contribution in [0.2, 0.25) is 8.67 Å². The maximum atomic E-state index is 11.9. The molecule has 114 valence electrons. The quantitative estimate of drug-likeness (QED) is 0.662. The molecular formula is C11H15Cl2NO4S2. The SMILES string of the molecule is O=C(O)CCCCCCNS(=O)(=O)c1cc(Cl)sc1Cl. The predicted octanol–water partition coefficient (Wildman–Crippen LogP) is 3.37. The third-order valence-electron chi connectivity index (χ3n) is 2.52. The minimum Gasteiger partial charge on any atom is -0.481 e. The van der Waals surface area contributed by atoms with E-state index in [1.165, 1.54) is 6.07 Å². The number of nitrogens with one attached hydrogen (secondary N) is 1. The molecule has 0 saturated carbocycles. The summed E-state index contributed by atoms with van der Waals surface area (Å²) in [6.07, 6.45) is 2.93. The Kier molecular flexibility index (Phi) is 7.25. The Morgan fingerprint density at radius 1 is 1.25 bits per heavy atom. The fourth-order valence-corrected chi connectivity index (χ4v) is 4.77. The first-order valence-electron chi connectivity index (χ1n) is 5.99. The highest BCUT2D eigenvalue weighted by Gasteiger charge is 2.20. The number of thiophene rings is 1. The lowest BCUT2D eigenvalue weighted by Crippen LogP contribution is -2.24. The Morgan fingerprint density at radius 3 is 2.45 bits per heavy atom. The molecule has 0 radical (unpaired) electrons. The Balaban J connectivity index is 2.31. The molecule has 1 aromatic rings. The Morgan fingerprint density at radius 2 is 1.90 bits per heavy atom. The average molecular weight is 360 g/mol. The van der Waals surface area contributed by atoms with Crippen LogP contribution in [0.5, 0.6) is 0 Å². The second-order valence-corrected chi connectivity index (χ2v) is 8.17. The van der Waals surface area contributed by atoms with Gasteiger partial charge in [0.05, 0.1) is 4.34 Å². The van der Waals surface area contributed by atoms with E-state index in [-0.39, 0.29) is 15.7 Å². The summed E-state index contributed by atoms with van der Waals surface area (Å²) in [7, 11) is -3.63. The van der Waals surface area contributed by atoms with E-state index < -0.39 is 16.0 Å². The van der Waals surface area contributed by atoms with E-state index in [4.69, 9.17) is 28.3 Å². The zero-order valence-electron chi connectivity index (χ0n) is 10.6. The summed E-state index contributed by atoms with van der Waals surface area (Å²) in [4.78, 5) is 10.3. The van der Waals surface area contributed by atoms with Crippen LogP contribution in [0.3, 0.4) is 0 Å². The summed E-state index contributed by atoms with van der Waals surface area (Å²) in [6.45, 7) is 0.291. The summed E-state index contributed by atoms with van der Waals surface area (Å²) in [5.41, 5.74) is 0. The zero-order valence-corrected chi connectivity index (χ0v) is 13.7. The molecule has 1 heterocycles. The number of rotatable bonds is 9. The molecule has 0 amide bonds. The number of halogens is 2. The zero-order chi connectivity index (χ0) is 15.2. The summed E-state index contributed by atoms with van der Waals surface area (Å²) >= 11 is 12.5. The minimum atomic E-state index is -3.63. The Bertz CT molecular complexity index is 557. The van der Waals surface area contributed by atoms with E-state index in [1.807, 2.05) is 0 Å². The largest absolute Gasteiger partial charge is 0.481 e. The number of carbonyl (C=O) groups is 1. The first-order chi connectivity index (χ1) is 9.33. The summed E-state index contributed by atoms with van der Waals surface area (Å²) in [6, 6.07) is 1.32. The van der Waals surface area contributed by atoms with Gasteiger partial charge in [0.25, 0.3) is 0 Å². The van der Waals surface area contributed by atoms with E-state index in [9.17, 15) is 13.2 Å². The van der Waals surface area contributed by atoms with Gasteiger partial charge >= 0.3 is 5.97 Å². The molecule has 20 heavy (non-hydrogen) atoms. The van der Waals surface area contributed by atoms with Crippen molar-refractivity contribution in [2.45, 2.75) is 37.0 Å². The second kappa shape index (κ2) is 8.19. The number of aliphatic carboxylic acids is 1. The van der Waals surface area contributed by atoms with E-state index >= 15 is 0 Å². The summed E-state index contributed by atoms with van der Waals surface area (Å²) in [5.74, 6) is -0.810. The lowest BCUT2D eigenvalue weighted by molar-refractivity contribution is -0.137. The highest BCUT2D eigenvalue weighted by atomic mass is 35.5. The maximum absolute atomic E-state index is 11.9. The molecule has 5 nitrogen and oxygen atoms in total. The van der Waals surface area contributed by atoms with Crippen molar-refractivity contribution in [3.05, 3.63) is 14.7 Å². The molecular weight excluding hydrogens is 345 g/mol. The van der Waals surface area contributed by atoms with Crippen LogP contribution in [-0.4, -0.2) is 26.0 Å². The van der Waals surface area contributed by atoms with Crippen LogP contribution >= 0.6 is 34.5 Å². The van der Waals surface area contributed by atoms with Crippen LogP contribution in [0.15, 0.2) is 11.0 Å². The maximum Gasteiger partial charge on any atom is 0.303 e. The van der Waals surface area contributed by atoms with Crippen LogP contribution in [0, 0.1) is 0 Å². The molecule has 0 aliphatic heterocycles. The minimum absolute atomic E-state index is 0.0000406. The van der Waals surface area contributed by atoms with Gasteiger partial charge in [-0.15, -0.1) is 11.3 Å². The molecule has 0 atom stereocenters. The van der Waals surface area contributed by atoms with Crippen molar-refractivity contribution in [3.8, 4) is 0 Å². The van der Waals surface area contributed by atoms with Crippen molar-refractivity contribution < 1.29 is 18.3 Å². The third-order valence-corrected chi connectivity index (χ3v) is 5.74. The molecule has 0 aliphatic carbocycles. The Hall–Kier alpha value is -0.340. The highest BCUT2D eigenvalue weighted by molar-refractivity contribution is 7.89. The van der Waals surface area contributed by atoms with Gasteiger partial charge in [0.15, 0.2) is 0 Å². The van der Waals surface area contributed by atoms with Crippen molar-refractivity contribution in [1.82, 2.24) is 4.72 Å². The van der Waals surface area contributed by atoms with Gasteiger partial charge in [-0.3, -0.25) is 4.79 Å². The van der Waals surface area contributed by atoms with Gasteiger partial charge in [0, 0.05) is 13.0 Å². The predicted molar refractivity (Wildman–Crippen MR) is 80.2 cm³/mol. The monoisotopic (exact) mass is 359 g/mol. The van der Waals surface area contributed by atoms with E-state index in [1.54, 1.807) is 0 Å². The van der Waals surface area contributed by atoms with Gasteiger partial charge in [0.1, 0.15) is 9.23 Å². The number of hydrogen-bond donors (Lipinski definition) is 2. The van der Waals surface area contributed by atoms with Gasteiger partial charge in [0.2, 0.25) is 10.0 Å². The Labute approximate surface area is 131 Å².